The number of nitrogens with one attached hydrogen (secondary N) is 2. The van der Waals surface area contributed by atoms with Crippen LogP contribution in [0.25, 0.3) is 0 Å². The molecule has 0 aromatic carbocycles. The third kappa shape index (κ3) is 5.83. The van der Waals surface area contributed by atoms with Gasteiger partial charge in [-0.15, -0.1) is 0 Å². The van der Waals surface area contributed by atoms with E-state index in [1.807, 2.05) is 6.92 Å². The topological polar surface area (TPSA) is 44.4 Å². The molecule has 0 bridgehead atoms. The first-order valence-electron chi connectivity index (χ1n) is 7.35. The molecule has 0 radical (unpaired) electrons. The Hall–Kier alpha value is -0.610. The van der Waals surface area contributed by atoms with E-state index in [4.69, 9.17) is 0 Å². The second-order valence-electron chi connectivity index (χ2n) is 5.49. The van der Waals surface area contributed by atoms with Crippen molar-refractivity contribution < 1.29 is 4.79 Å². The molecule has 4 nitrogen and oxygen atoms in total. The van der Waals surface area contributed by atoms with Crippen LogP contribution in [-0.2, 0) is 4.79 Å². The largest absolute Gasteiger partial charge is 0.356 e. The van der Waals surface area contributed by atoms with Crippen LogP contribution >= 0.6 is 0 Å². The zero-order valence-electron chi connectivity index (χ0n) is 12.2. The van der Waals surface area contributed by atoms with Crippen LogP contribution in [0.1, 0.15) is 40.0 Å². The van der Waals surface area contributed by atoms with E-state index in [1.165, 1.54) is 12.8 Å². The van der Waals surface area contributed by atoms with Crippen molar-refractivity contribution in [1.29, 1.82) is 0 Å². The first-order valence-corrected chi connectivity index (χ1v) is 7.35. The SMILES string of the molecule is CCNC(=O)CCN(CC1CCNCC1)C(C)C. The summed E-state index contributed by atoms with van der Waals surface area (Å²) in [6.45, 7) is 11.4. The third-order valence-electron chi connectivity index (χ3n) is 3.68. The standard InChI is InChI=1S/C14H29N3O/c1-4-16-14(18)7-10-17(12(2)3)11-13-5-8-15-9-6-13/h12-13,15H,4-11H2,1-3H3,(H,16,18). The number of amides is 1. The van der Waals surface area contributed by atoms with Gasteiger partial charge in [-0.05, 0) is 52.6 Å². The summed E-state index contributed by atoms with van der Waals surface area (Å²) in [5.74, 6) is 0.969. The Morgan fingerprint density at radius 2 is 2.06 bits per heavy atom. The van der Waals surface area contributed by atoms with E-state index in [-0.39, 0.29) is 5.91 Å². The van der Waals surface area contributed by atoms with Gasteiger partial charge in [-0.2, -0.15) is 0 Å². The highest BCUT2D eigenvalue weighted by molar-refractivity contribution is 5.75. The molecule has 0 aromatic heterocycles. The molecule has 1 rings (SSSR count). The van der Waals surface area contributed by atoms with Crippen molar-refractivity contribution in [1.82, 2.24) is 15.5 Å². The van der Waals surface area contributed by atoms with Gasteiger partial charge in [0.25, 0.3) is 0 Å². The van der Waals surface area contributed by atoms with Crippen LogP contribution in [0.3, 0.4) is 0 Å². The lowest BCUT2D eigenvalue weighted by Gasteiger charge is -2.32. The smallest absolute Gasteiger partial charge is 0.221 e. The number of carbonyl (C=O) groups is 1. The van der Waals surface area contributed by atoms with Crippen molar-refractivity contribution in [2.45, 2.75) is 46.1 Å². The van der Waals surface area contributed by atoms with E-state index in [9.17, 15) is 4.79 Å². The van der Waals surface area contributed by atoms with E-state index in [0.29, 0.717) is 12.5 Å². The Morgan fingerprint density at radius 1 is 1.39 bits per heavy atom. The van der Waals surface area contributed by atoms with Gasteiger partial charge in [0.2, 0.25) is 5.91 Å². The first kappa shape index (κ1) is 15.4. The van der Waals surface area contributed by atoms with Gasteiger partial charge in [0.15, 0.2) is 0 Å². The van der Waals surface area contributed by atoms with Crippen molar-refractivity contribution >= 4 is 5.91 Å². The molecule has 0 aromatic rings. The van der Waals surface area contributed by atoms with Crippen molar-refractivity contribution in [3.63, 3.8) is 0 Å². The molecule has 106 valence electrons. The van der Waals surface area contributed by atoms with Gasteiger partial charge in [-0.3, -0.25) is 4.79 Å². The lowest BCUT2D eigenvalue weighted by Crippen LogP contribution is -2.41. The minimum absolute atomic E-state index is 0.175. The molecule has 4 heteroatoms. The lowest BCUT2D eigenvalue weighted by molar-refractivity contribution is -0.121. The average Bonchev–Trinajstić information content (AvgIpc) is 2.35. The summed E-state index contributed by atoms with van der Waals surface area (Å²) in [4.78, 5) is 14.0. The Bertz CT molecular complexity index is 237. The van der Waals surface area contributed by atoms with Gasteiger partial charge in [-0.1, -0.05) is 0 Å². The maximum Gasteiger partial charge on any atom is 0.221 e. The lowest BCUT2D eigenvalue weighted by atomic mass is 9.97. The number of carbonyl (C=O) groups excluding carboxylic acids is 1. The molecular weight excluding hydrogens is 226 g/mol. The molecule has 0 saturated carbocycles. The van der Waals surface area contributed by atoms with Crippen LogP contribution in [0.5, 0.6) is 0 Å². The summed E-state index contributed by atoms with van der Waals surface area (Å²) in [7, 11) is 0. The predicted molar refractivity (Wildman–Crippen MR) is 75.6 cm³/mol. The van der Waals surface area contributed by atoms with E-state index in [1.54, 1.807) is 0 Å². The summed E-state index contributed by atoms with van der Waals surface area (Å²) in [5, 5.41) is 6.27. The molecule has 1 aliphatic rings. The van der Waals surface area contributed by atoms with Crippen LogP contribution in [-0.4, -0.2) is 49.6 Å². The number of piperidine rings is 1. The second kappa shape index (κ2) is 8.48. The molecule has 0 spiro atoms. The average molecular weight is 255 g/mol. The normalized spacial score (nSPS) is 17.4. The minimum Gasteiger partial charge on any atom is -0.356 e. The number of hydrogen-bond acceptors (Lipinski definition) is 3. The summed E-state index contributed by atoms with van der Waals surface area (Å²) < 4.78 is 0. The van der Waals surface area contributed by atoms with Crippen LogP contribution in [0.2, 0.25) is 0 Å². The van der Waals surface area contributed by atoms with Gasteiger partial charge >= 0.3 is 0 Å². The van der Waals surface area contributed by atoms with E-state index in [0.717, 1.165) is 38.6 Å². The molecule has 1 saturated heterocycles. The fraction of sp³-hybridized carbons (Fsp3) is 0.929. The second-order valence-corrected chi connectivity index (χ2v) is 5.49. The monoisotopic (exact) mass is 255 g/mol. The van der Waals surface area contributed by atoms with Crippen LogP contribution in [0, 0.1) is 5.92 Å². The predicted octanol–water partition coefficient (Wildman–Crippen LogP) is 1.22. The van der Waals surface area contributed by atoms with Gasteiger partial charge in [0, 0.05) is 32.1 Å². The molecule has 0 atom stereocenters. The fourth-order valence-electron chi connectivity index (χ4n) is 2.49. The van der Waals surface area contributed by atoms with Crippen molar-refractivity contribution in [3.8, 4) is 0 Å². The molecule has 2 N–H and O–H groups in total. The maximum atomic E-state index is 11.5. The Kier molecular flexibility index (Phi) is 7.28. The summed E-state index contributed by atoms with van der Waals surface area (Å²) >= 11 is 0. The van der Waals surface area contributed by atoms with E-state index in [2.05, 4.69) is 29.4 Å². The minimum atomic E-state index is 0.175. The van der Waals surface area contributed by atoms with E-state index >= 15 is 0 Å². The van der Waals surface area contributed by atoms with Crippen LogP contribution < -0.4 is 10.6 Å². The zero-order chi connectivity index (χ0) is 13.4. The fourth-order valence-corrected chi connectivity index (χ4v) is 2.49. The van der Waals surface area contributed by atoms with Crippen molar-refractivity contribution in [2.75, 3.05) is 32.7 Å². The Morgan fingerprint density at radius 3 is 2.61 bits per heavy atom. The highest BCUT2D eigenvalue weighted by Gasteiger charge is 2.19. The molecule has 0 unspecified atom stereocenters. The maximum absolute atomic E-state index is 11.5. The molecular formula is C14H29N3O. The Balaban J connectivity index is 2.32. The third-order valence-corrected chi connectivity index (χ3v) is 3.68. The van der Waals surface area contributed by atoms with Gasteiger partial charge in [-0.25, -0.2) is 0 Å². The first-order chi connectivity index (χ1) is 8.63. The molecule has 0 aliphatic carbocycles. The van der Waals surface area contributed by atoms with E-state index < -0.39 is 0 Å². The van der Waals surface area contributed by atoms with Gasteiger partial charge in [0.05, 0.1) is 0 Å². The molecule has 1 heterocycles. The van der Waals surface area contributed by atoms with Crippen LogP contribution in [0.4, 0.5) is 0 Å². The summed E-state index contributed by atoms with van der Waals surface area (Å²) in [6, 6.07) is 0.523. The summed E-state index contributed by atoms with van der Waals surface area (Å²) in [6.07, 6.45) is 3.16. The molecule has 1 fully saturated rings. The van der Waals surface area contributed by atoms with Gasteiger partial charge in [0.1, 0.15) is 0 Å². The molecule has 1 aliphatic heterocycles. The molecule has 1 amide bonds. The quantitative estimate of drug-likeness (QED) is 0.719. The summed E-state index contributed by atoms with van der Waals surface area (Å²) in [5.41, 5.74) is 0. The number of rotatable bonds is 7. The highest BCUT2D eigenvalue weighted by atomic mass is 16.1. The number of hydrogen-bond donors (Lipinski definition) is 2. The van der Waals surface area contributed by atoms with Crippen LogP contribution in [0.15, 0.2) is 0 Å². The zero-order valence-corrected chi connectivity index (χ0v) is 12.2. The highest BCUT2D eigenvalue weighted by Crippen LogP contribution is 2.15. The molecule has 18 heavy (non-hydrogen) atoms. The van der Waals surface area contributed by atoms with Gasteiger partial charge < -0.3 is 15.5 Å². The van der Waals surface area contributed by atoms with Crippen molar-refractivity contribution in [2.24, 2.45) is 5.92 Å². The van der Waals surface area contributed by atoms with Crippen molar-refractivity contribution in [3.05, 3.63) is 0 Å². The Labute approximate surface area is 111 Å². The number of nitrogens with zero attached hydrogens (tertiary/aromatic N) is 1.